The van der Waals surface area contributed by atoms with Gasteiger partial charge in [0.2, 0.25) is 0 Å². The Morgan fingerprint density at radius 3 is 2.50 bits per heavy atom. The van der Waals surface area contributed by atoms with Gasteiger partial charge < -0.3 is 5.32 Å². The van der Waals surface area contributed by atoms with Gasteiger partial charge in [0.1, 0.15) is 0 Å². The lowest BCUT2D eigenvalue weighted by Gasteiger charge is -2.44. The summed E-state index contributed by atoms with van der Waals surface area (Å²) in [5.74, 6) is 5.92. The summed E-state index contributed by atoms with van der Waals surface area (Å²) in [7, 11) is 2.14. The second-order valence-corrected chi connectivity index (χ2v) is 8.00. The molecule has 0 saturated heterocycles. The molecule has 2 aliphatic carbocycles. The molecule has 2 rings (SSSR count). The van der Waals surface area contributed by atoms with Crippen LogP contribution in [-0.2, 0) is 0 Å². The van der Waals surface area contributed by atoms with Crippen LogP contribution in [0.15, 0.2) is 0 Å². The molecular weight excluding hydrogens is 242 g/mol. The highest BCUT2D eigenvalue weighted by Crippen LogP contribution is 2.46. The zero-order chi connectivity index (χ0) is 14.5. The van der Waals surface area contributed by atoms with Gasteiger partial charge in [-0.2, -0.15) is 0 Å². The van der Waals surface area contributed by atoms with E-state index in [0.717, 1.165) is 35.5 Å². The molecule has 118 valence electrons. The van der Waals surface area contributed by atoms with Gasteiger partial charge >= 0.3 is 0 Å². The van der Waals surface area contributed by atoms with Crippen molar-refractivity contribution in [2.75, 3.05) is 13.6 Å². The van der Waals surface area contributed by atoms with Gasteiger partial charge in [-0.05, 0) is 74.8 Å². The third-order valence-electron chi connectivity index (χ3n) is 6.50. The van der Waals surface area contributed by atoms with Crippen molar-refractivity contribution in [1.29, 1.82) is 0 Å². The molecule has 0 aromatic rings. The zero-order valence-corrected chi connectivity index (χ0v) is 14.3. The highest BCUT2D eigenvalue weighted by atomic mass is 14.8. The van der Waals surface area contributed by atoms with Crippen LogP contribution in [0.2, 0.25) is 0 Å². The fourth-order valence-electron chi connectivity index (χ4n) is 5.09. The Bertz CT molecular complexity index is 273. The van der Waals surface area contributed by atoms with Crippen molar-refractivity contribution < 1.29 is 0 Å². The first-order valence-electron chi connectivity index (χ1n) is 9.30. The topological polar surface area (TPSA) is 12.0 Å². The van der Waals surface area contributed by atoms with Crippen molar-refractivity contribution in [3.63, 3.8) is 0 Å². The maximum atomic E-state index is 3.48. The van der Waals surface area contributed by atoms with Crippen molar-refractivity contribution >= 4 is 0 Å². The maximum Gasteiger partial charge on any atom is -0.00208 e. The summed E-state index contributed by atoms with van der Waals surface area (Å²) < 4.78 is 0. The van der Waals surface area contributed by atoms with Crippen LogP contribution in [0.5, 0.6) is 0 Å². The third-order valence-corrected chi connectivity index (χ3v) is 6.50. The van der Waals surface area contributed by atoms with Gasteiger partial charge in [0.05, 0.1) is 0 Å². The van der Waals surface area contributed by atoms with E-state index in [-0.39, 0.29) is 0 Å². The van der Waals surface area contributed by atoms with Crippen LogP contribution in [0, 0.1) is 35.5 Å². The summed E-state index contributed by atoms with van der Waals surface area (Å²) in [6.45, 7) is 8.53. The molecule has 5 atom stereocenters. The molecular formula is C19H37N. The van der Waals surface area contributed by atoms with Gasteiger partial charge in [0.15, 0.2) is 0 Å². The molecule has 2 aliphatic rings. The van der Waals surface area contributed by atoms with Gasteiger partial charge in [-0.25, -0.2) is 0 Å². The molecule has 0 radical (unpaired) electrons. The molecule has 0 aromatic carbocycles. The van der Waals surface area contributed by atoms with Gasteiger partial charge in [0.25, 0.3) is 0 Å². The van der Waals surface area contributed by atoms with Crippen molar-refractivity contribution in [2.24, 2.45) is 35.5 Å². The Morgan fingerprint density at radius 1 is 1.05 bits per heavy atom. The quantitative estimate of drug-likeness (QED) is 0.737. The van der Waals surface area contributed by atoms with Crippen molar-refractivity contribution in [3.8, 4) is 0 Å². The minimum absolute atomic E-state index is 0.888. The summed E-state index contributed by atoms with van der Waals surface area (Å²) in [5.41, 5.74) is 0. The second kappa shape index (κ2) is 7.82. The average molecular weight is 280 g/mol. The van der Waals surface area contributed by atoms with Crippen LogP contribution in [-0.4, -0.2) is 13.6 Å². The van der Waals surface area contributed by atoms with E-state index >= 15 is 0 Å². The predicted octanol–water partition coefficient (Wildman–Crippen LogP) is 5.11. The summed E-state index contributed by atoms with van der Waals surface area (Å²) in [5, 5.41) is 3.48. The van der Waals surface area contributed by atoms with E-state index in [1.54, 1.807) is 0 Å². The van der Waals surface area contributed by atoms with E-state index in [2.05, 4.69) is 33.1 Å². The SMILES string of the molecule is CCC1CCCC(C2CC(C(C)C)CCC2CNC)C1. The largest absolute Gasteiger partial charge is 0.319 e. The lowest BCUT2D eigenvalue weighted by atomic mass is 9.62. The van der Waals surface area contributed by atoms with Gasteiger partial charge in [0, 0.05) is 0 Å². The number of rotatable bonds is 5. The normalized spacial score (nSPS) is 39.1. The zero-order valence-electron chi connectivity index (χ0n) is 14.3. The van der Waals surface area contributed by atoms with Crippen LogP contribution >= 0.6 is 0 Å². The molecule has 2 fully saturated rings. The van der Waals surface area contributed by atoms with Crippen LogP contribution in [0.25, 0.3) is 0 Å². The second-order valence-electron chi connectivity index (χ2n) is 8.00. The smallest absolute Gasteiger partial charge is 0.00208 e. The maximum absolute atomic E-state index is 3.48. The Labute approximate surface area is 127 Å². The van der Waals surface area contributed by atoms with E-state index in [0.29, 0.717) is 0 Å². The number of hydrogen-bond acceptors (Lipinski definition) is 1. The van der Waals surface area contributed by atoms with Crippen LogP contribution in [0.4, 0.5) is 0 Å². The van der Waals surface area contributed by atoms with Crippen LogP contribution in [0.3, 0.4) is 0 Å². The molecule has 1 N–H and O–H groups in total. The fraction of sp³-hybridized carbons (Fsp3) is 1.00. The Morgan fingerprint density at radius 2 is 1.85 bits per heavy atom. The summed E-state index contributed by atoms with van der Waals surface area (Å²) in [4.78, 5) is 0. The predicted molar refractivity (Wildman–Crippen MR) is 88.8 cm³/mol. The van der Waals surface area contributed by atoms with Gasteiger partial charge in [-0.3, -0.25) is 0 Å². The molecule has 2 saturated carbocycles. The summed E-state index contributed by atoms with van der Waals surface area (Å²) >= 11 is 0. The van der Waals surface area contributed by atoms with Gasteiger partial charge in [-0.15, -0.1) is 0 Å². The number of hydrogen-bond donors (Lipinski definition) is 1. The Kier molecular flexibility index (Phi) is 6.39. The van der Waals surface area contributed by atoms with E-state index in [9.17, 15) is 0 Å². The molecule has 20 heavy (non-hydrogen) atoms. The first-order chi connectivity index (χ1) is 9.65. The summed E-state index contributed by atoms with van der Waals surface area (Å²) in [6, 6.07) is 0. The number of nitrogens with one attached hydrogen (secondary N) is 1. The summed E-state index contributed by atoms with van der Waals surface area (Å²) in [6.07, 6.45) is 11.9. The van der Waals surface area contributed by atoms with Crippen molar-refractivity contribution in [2.45, 2.75) is 72.1 Å². The minimum atomic E-state index is 0.888. The third kappa shape index (κ3) is 4.00. The molecule has 0 amide bonds. The van der Waals surface area contributed by atoms with Crippen molar-refractivity contribution in [1.82, 2.24) is 5.32 Å². The highest BCUT2D eigenvalue weighted by Gasteiger charge is 2.37. The Hall–Kier alpha value is -0.0400. The molecule has 5 unspecified atom stereocenters. The first kappa shape index (κ1) is 16.3. The lowest BCUT2D eigenvalue weighted by Crippen LogP contribution is -2.38. The lowest BCUT2D eigenvalue weighted by molar-refractivity contribution is 0.0658. The molecule has 0 spiro atoms. The average Bonchev–Trinajstić information content (AvgIpc) is 2.48. The van der Waals surface area contributed by atoms with Gasteiger partial charge in [-0.1, -0.05) is 46.5 Å². The molecule has 0 bridgehead atoms. The Balaban J connectivity index is 2.02. The van der Waals surface area contributed by atoms with E-state index in [1.165, 1.54) is 57.9 Å². The van der Waals surface area contributed by atoms with Crippen LogP contribution in [0.1, 0.15) is 72.1 Å². The molecule has 0 aliphatic heterocycles. The molecule has 0 aromatic heterocycles. The molecule has 1 heteroatoms. The van der Waals surface area contributed by atoms with E-state index in [4.69, 9.17) is 0 Å². The van der Waals surface area contributed by atoms with E-state index < -0.39 is 0 Å². The minimum Gasteiger partial charge on any atom is -0.319 e. The highest BCUT2D eigenvalue weighted by molar-refractivity contribution is 4.88. The first-order valence-corrected chi connectivity index (χ1v) is 9.30. The van der Waals surface area contributed by atoms with Crippen LogP contribution < -0.4 is 5.32 Å². The van der Waals surface area contributed by atoms with E-state index in [1.807, 2.05) is 0 Å². The molecule has 1 nitrogen and oxygen atoms in total. The van der Waals surface area contributed by atoms with Crippen molar-refractivity contribution in [3.05, 3.63) is 0 Å². The standard InChI is InChI=1S/C19H37N/c1-5-15-7-6-8-17(11-15)19-12-16(14(2)3)9-10-18(19)13-20-4/h14-20H,5-13H2,1-4H3. The monoisotopic (exact) mass is 279 g/mol. The fourth-order valence-corrected chi connectivity index (χ4v) is 5.09. The molecule has 0 heterocycles.